The first kappa shape index (κ1) is 24.2. The van der Waals surface area contributed by atoms with Gasteiger partial charge in [-0.25, -0.2) is 9.97 Å². The molecule has 2 nitrogen and oxygen atoms in total. The van der Waals surface area contributed by atoms with Crippen molar-refractivity contribution in [1.82, 2.24) is 9.97 Å². The van der Waals surface area contributed by atoms with E-state index >= 15 is 0 Å². The molecule has 0 unspecified atom stereocenters. The molecule has 0 spiro atoms. The number of benzene rings is 6. The van der Waals surface area contributed by atoms with Gasteiger partial charge >= 0.3 is 0 Å². The summed E-state index contributed by atoms with van der Waals surface area (Å²) in [5.41, 5.74) is 10.8. The number of hydrogen-bond acceptors (Lipinski definition) is 2. The highest BCUT2D eigenvalue weighted by Gasteiger charge is 2.10. The van der Waals surface area contributed by atoms with Crippen molar-refractivity contribution in [3.05, 3.63) is 158 Å². The summed E-state index contributed by atoms with van der Waals surface area (Å²) in [5.74, 6) is 0. The van der Waals surface area contributed by atoms with Crippen LogP contribution in [0.25, 0.3) is 77.3 Å². The molecule has 2 aromatic heterocycles. The molecule has 0 saturated heterocycles. The molecular formula is C40H26N2. The second-order valence-corrected chi connectivity index (χ2v) is 10.7. The second-order valence-electron chi connectivity index (χ2n) is 10.7. The first-order chi connectivity index (χ1) is 20.8. The zero-order valence-electron chi connectivity index (χ0n) is 22.9. The Morgan fingerprint density at radius 1 is 0.262 bits per heavy atom. The van der Waals surface area contributed by atoms with E-state index in [2.05, 4.69) is 140 Å². The normalized spacial score (nSPS) is 11.3. The Balaban J connectivity index is 1.18. The highest BCUT2D eigenvalue weighted by atomic mass is 14.8. The molecule has 6 aromatic carbocycles. The van der Waals surface area contributed by atoms with Gasteiger partial charge in [-0.15, -0.1) is 0 Å². The lowest BCUT2D eigenvalue weighted by Gasteiger charge is -2.10. The van der Waals surface area contributed by atoms with Crippen molar-refractivity contribution in [2.24, 2.45) is 0 Å². The van der Waals surface area contributed by atoms with Gasteiger partial charge in [0.15, 0.2) is 0 Å². The summed E-state index contributed by atoms with van der Waals surface area (Å²) in [4.78, 5) is 10.2. The number of aromatic nitrogens is 2. The van der Waals surface area contributed by atoms with Crippen LogP contribution in [0, 0.1) is 0 Å². The van der Waals surface area contributed by atoms with Gasteiger partial charge in [0.1, 0.15) is 0 Å². The smallest absolute Gasteiger partial charge is 0.0972 e. The van der Waals surface area contributed by atoms with Gasteiger partial charge in [-0.05, 0) is 63.4 Å². The summed E-state index contributed by atoms with van der Waals surface area (Å²) in [7, 11) is 0. The Morgan fingerprint density at radius 2 is 0.690 bits per heavy atom. The molecular weight excluding hydrogens is 508 g/mol. The van der Waals surface area contributed by atoms with E-state index in [1.165, 1.54) is 33.0 Å². The summed E-state index contributed by atoms with van der Waals surface area (Å²) in [6.07, 6.45) is 0. The fourth-order valence-electron chi connectivity index (χ4n) is 5.79. The van der Waals surface area contributed by atoms with E-state index in [0.717, 1.165) is 44.3 Å². The van der Waals surface area contributed by atoms with Crippen LogP contribution in [0.15, 0.2) is 158 Å². The molecule has 0 amide bonds. The highest BCUT2D eigenvalue weighted by Crippen LogP contribution is 2.32. The van der Waals surface area contributed by atoms with Crippen molar-refractivity contribution < 1.29 is 0 Å². The van der Waals surface area contributed by atoms with Gasteiger partial charge in [0.05, 0.1) is 22.4 Å². The molecule has 196 valence electrons. The monoisotopic (exact) mass is 534 g/mol. The van der Waals surface area contributed by atoms with Crippen LogP contribution in [-0.4, -0.2) is 9.97 Å². The number of hydrogen-bond donors (Lipinski definition) is 0. The summed E-state index contributed by atoms with van der Waals surface area (Å²) >= 11 is 0. The van der Waals surface area contributed by atoms with Crippen LogP contribution in [0.4, 0.5) is 0 Å². The van der Waals surface area contributed by atoms with Crippen LogP contribution < -0.4 is 0 Å². The average Bonchev–Trinajstić information content (AvgIpc) is 3.08. The zero-order valence-corrected chi connectivity index (χ0v) is 22.9. The lowest BCUT2D eigenvalue weighted by Crippen LogP contribution is -1.91. The molecule has 0 saturated carbocycles. The lowest BCUT2D eigenvalue weighted by atomic mass is 9.96. The number of nitrogens with zero attached hydrogens (tertiary/aromatic N) is 2. The van der Waals surface area contributed by atoms with Gasteiger partial charge in [-0.2, -0.15) is 0 Å². The largest absolute Gasteiger partial charge is 0.245 e. The first-order valence-corrected chi connectivity index (χ1v) is 14.2. The van der Waals surface area contributed by atoms with Gasteiger partial charge in [-0.3, -0.25) is 0 Å². The molecule has 0 atom stereocenters. The fraction of sp³-hybridized carbons (Fsp3) is 0. The van der Waals surface area contributed by atoms with Crippen molar-refractivity contribution >= 4 is 32.6 Å². The van der Waals surface area contributed by atoms with Gasteiger partial charge in [0.25, 0.3) is 0 Å². The van der Waals surface area contributed by atoms with Crippen LogP contribution in [0.1, 0.15) is 0 Å². The van der Waals surface area contributed by atoms with Crippen molar-refractivity contribution in [3.63, 3.8) is 0 Å². The molecule has 0 radical (unpaired) electrons. The van der Waals surface area contributed by atoms with Crippen LogP contribution >= 0.6 is 0 Å². The fourth-order valence-corrected chi connectivity index (χ4v) is 5.79. The van der Waals surface area contributed by atoms with E-state index in [-0.39, 0.29) is 0 Å². The van der Waals surface area contributed by atoms with Crippen molar-refractivity contribution in [2.45, 2.75) is 0 Å². The quantitative estimate of drug-likeness (QED) is 0.210. The SMILES string of the molecule is c1ccc(-c2cccc(-c3ccc4cc(-c5ccc6ccc7ccc(-c8ccccc8)nc7c6n5)ccc4c3)c2)cc1. The zero-order chi connectivity index (χ0) is 27.9. The topological polar surface area (TPSA) is 25.8 Å². The minimum Gasteiger partial charge on any atom is -0.245 e. The van der Waals surface area contributed by atoms with E-state index in [1.807, 2.05) is 18.2 Å². The third-order valence-corrected chi connectivity index (χ3v) is 8.03. The third kappa shape index (κ3) is 4.40. The Labute approximate surface area is 244 Å². The predicted octanol–water partition coefficient (Wildman–Crippen LogP) is 10.6. The minimum absolute atomic E-state index is 0.927. The Morgan fingerprint density at radius 3 is 1.33 bits per heavy atom. The Kier molecular flexibility index (Phi) is 5.82. The first-order valence-electron chi connectivity index (χ1n) is 14.2. The predicted molar refractivity (Wildman–Crippen MR) is 176 cm³/mol. The molecule has 42 heavy (non-hydrogen) atoms. The van der Waals surface area contributed by atoms with Crippen molar-refractivity contribution in [2.75, 3.05) is 0 Å². The summed E-state index contributed by atoms with van der Waals surface area (Å²) in [5, 5.41) is 4.59. The molecule has 8 aromatic rings. The van der Waals surface area contributed by atoms with Gasteiger partial charge in [0, 0.05) is 21.9 Å². The molecule has 0 aliphatic rings. The van der Waals surface area contributed by atoms with E-state index in [1.54, 1.807) is 0 Å². The van der Waals surface area contributed by atoms with E-state index in [0.29, 0.717) is 0 Å². The Bertz CT molecular complexity index is 2240. The van der Waals surface area contributed by atoms with Crippen LogP contribution in [-0.2, 0) is 0 Å². The molecule has 0 bridgehead atoms. The molecule has 2 heterocycles. The maximum absolute atomic E-state index is 5.16. The molecule has 0 aliphatic heterocycles. The maximum atomic E-state index is 5.16. The molecule has 0 fully saturated rings. The van der Waals surface area contributed by atoms with Gasteiger partial charge in [0.2, 0.25) is 0 Å². The summed E-state index contributed by atoms with van der Waals surface area (Å²) in [6.45, 7) is 0. The Hall–Kier alpha value is -5.60. The molecule has 2 heteroatoms. The van der Waals surface area contributed by atoms with Crippen LogP contribution in [0.5, 0.6) is 0 Å². The van der Waals surface area contributed by atoms with Gasteiger partial charge in [-0.1, -0.05) is 127 Å². The number of fused-ring (bicyclic) bond motifs is 4. The van der Waals surface area contributed by atoms with E-state index in [9.17, 15) is 0 Å². The molecule has 8 rings (SSSR count). The lowest BCUT2D eigenvalue weighted by molar-refractivity contribution is 1.37. The van der Waals surface area contributed by atoms with Gasteiger partial charge < -0.3 is 0 Å². The van der Waals surface area contributed by atoms with Crippen LogP contribution in [0.2, 0.25) is 0 Å². The number of rotatable bonds is 4. The summed E-state index contributed by atoms with van der Waals surface area (Å²) < 4.78 is 0. The average molecular weight is 535 g/mol. The van der Waals surface area contributed by atoms with Crippen molar-refractivity contribution in [3.8, 4) is 44.8 Å². The van der Waals surface area contributed by atoms with E-state index in [4.69, 9.17) is 9.97 Å². The third-order valence-electron chi connectivity index (χ3n) is 8.03. The second kappa shape index (κ2) is 10.1. The van der Waals surface area contributed by atoms with Crippen molar-refractivity contribution in [1.29, 1.82) is 0 Å². The molecule has 0 N–H and O–H groups in total. The van der Waals surface area contributed by atoms with Crippen LogP contribution in [0.3, 0.4) is 0 Å². The number of pyridine rings is 2. The standard InChI is InChI=1S/C40H26N2/c1-3-8-27(9-4-1)31-12-7-13-32(24-31)33-16-17-35-26-36(19-18-34(35)25-33)38-23-21-30-15-14-29-20-22-37(28-10-5-2-6-11-28)41-39(29)40(30)42-38/h1-26H. The van der Waals surface area contributed by atoms with E-state index < -0.39 is 0 Å². The minimum atomic E-state index is 0.927. The maximum Gasteiger partial charge on any atom is 0.0972 e. The molecule has 0 aliphatic carbocycles. The summed E-state index contributed by atoms with van der Waals surface area (Å²) in [6, 6.07) is 55.7. The highest BCUT2D eigenvalue weighted by molar-refractivity contribution is 6.04.